The first-order valence-electron chi connectivity index (χ1n) is 25.3. The minimum atomic E-state index is -3.93. The molecular formula is C53H71N5O15S3. The van der Waals surface area contributed by atoms with Gasteiger partial charge in [-0.3, -0.25) is 14.6 Å². The summed E-state index contributed by atoms with van der Waals surface area (Å²) in [5.74, 6) is -1.32. The van der Waals surface area contributed by atoms with E-state index in [0.29, 0.717) is 89.0 Å². The van der Waals surface area contributed by atoms with E-state index in [4.69, 9.17) is 23.8 Å². The summed E-state index contributed by atoms with van der Waals surface area (Å²) in [6.45, 7) is 12.3. The number of methoxy groups -OCH3 is 2. The average Bonchev–Trinajstić information content (AvgIpc) is 3.96. The van der Waals surface area contributed by atoms with Crippen LogP contribution in [0.3, 0.4) is 0 Å². The fraction of sp³-hybridized carbons (Fsp3) is 0.509. The molecule has 2 N–H and O–H groups in total. The van der Waals surface area contributed by atoms with Crippen molar-refractivity contribution in [1.82, 2.24) is 14.5 Å². The summed E-state index contributed by atoms with van der Waals surface area (Å²) in [5, 5.41) is 14.5. The second-order valence-corrected chi connectivity index (χ2v) is 23.6. The molecule has 0 radical (unpaired) electrons. The number of nitrogens with one attached hydrogen (secondary N) is 2. The zero-order valence-corrected chi connectivity index (χ0v) is 46.6. The molecule has 0 unspecified atom stereocenters. The quantitative estimate of drug-likeness (QED) is 0.0186. The number of carbonyl (C=O) groups excluding carboxylic acids is 3. The molecule has 0 aliphatic carbocycles. The normalized spacial score (nSPS) is 16.7. The van der Waals surface area contributed by atoms with Gasteiger partial charge in [-0.1, -0.05) is 44.6 Å². The number of unbranched alkanes of at least 4 members (excludes halogenated alkanes) is 2. The number of hydrogen-bond donors (Lipinski definition) is 2. The Morgan fingerprint density at radius 1 is 0.750 bits per heavy atom. The maximum absolute atomic E-state index is 13.7. The second-order valence-electron chi connectivity index (χ2n) is 19.3. The van der Waals surface area contributed by atoms with Gasteiger partial charge >= 0.3 is 5.97 Å². The predicted molar refractivity (Wildman–Crippen MR) is 284 cm³/mol. The first kappa shape index (κ1) is 60.3. The van der Waals surface area contributed by atoms with Crippen LogP contribution in [0.25, 0.3) is 11.1 Å². The number of benzene rings is 3. The third kappa shape index (κ3) is 15.4. The molecule has 0 saturated carbocycles. The maximum Gasteiger partial charge on any atom is 0.333 e. The Kier molecular flexibility index (Phi) is 22.3. The van der Waals surface area contributed by atoms with Crippen LogP contribution in [-0.4, -0.2) is 136 Å². The highest BCUT2D eigenvalue weighted by atomic mass is 32.2. The molecule has 3 aliphatic heterocycles. The number of nitrogens with zero attached hydrogens (tertiary/aromatic N) is 3. The third-order valence-corrected chi connectivity index (χ3v) is 16.9. The number of hydroxylamine groups is 2. The van der Waals surface area contributed by atoms with Crippen LogP contribution in [-0.2, 0) is 78.4 Å². The highest BCUT2D eigenvalue weighted by molar-refractivity contribution is 7.94. The topological polar surface area (TPSA) is 241 Å². The fourth-order valence-corrected chi connectivity index (χ4v) is 11.9. The van der Waals surface area contributed by atoms with E-state index in [1.54, 1.807) is 38.5 Å². The first-order valence-corrected chi connectivity index (χ1v) is 29.2. The summed E-state index contributed by atoms with van der Waals surface area (Å²) < 4.78 is 87.1. The van der Waals surface area contributed by atoms with Crippen molar-refractivity contribution in [2.24, 2.45) is 0 Å². The summed E-state index contributed by atoms with van der Waals surface area (Å²) in [6.07, 6.45) is 8.91. The molecule has 0 bridgehead atoms. The number of imide groups is 1. The average molecular weight is 1110 g/mol. The van der Waals surface area contributed by atoms with Crippen LogP contribution in [0.5, 0.6) is 0 Å². The standard InChI is InChI=1S/C53H71N5O15S3/c1-52(2)43-37-40(39-16-19-41(20-17-39)75(63,64)55-27-30-69-34-32-67-5)18-22-45(43)57(29-31-70-35-33-68-6)48(52)14-10-9-13-47-53(3,4)44-38-42(21-23-46(44)56(47)28-12-36-74-73-72-62)76(65,66)54-26-11-7-8-15-51(61)71-58-49(59)24-25-50(58)60/h10,13-14,16-23,37-38,54-55H,7-9,11-12,15,24-36H2,1-6H3/b14-10?,47-13-. The van der Waals surface area contributed by atoms with Crippen LogP contribution < -0.4 is 19.6 Å². The van der Waals surface area contributed by atoms with Crippen molar-refractivity contribution in [3.8, 4) is 11.1 Å². The first-order chi connectivity index (χ1) is 36.4. The van der Waals surface area contributed by atoms with E-state index in [2.05, 4.69) is 86.3 Å². The summed E-state index contributed by atoms with van der Waals surface area (Å²) in [6, 6.07) is 18.3. The van der Waals surface area contributed by atoms with Gasteiger partial charge in [-0.25, -0.2) is 31.1 Å². The molecule has 3 aromatic rings. The van der Waals surface area contributed by atoms with Crippen molar-refractivity contribution in [3.05, 3.63) is 95.7 Å². The van der Waals surface area contributed by atoms with Crippen molar-refractivity contribution in [2.45, 2.75) is 99.7 Å². The summed E-state index contributed by atoms with van der Waals surface area (Å²) >= 11 is 0.908. The molecule has 1 saturated heterocycles. The van der Waals surface area contributed by atoms with Crippen LogP contribution in [0.2, 0.25) is 0 Å². The van der Waals surface area contributed by atoms with Gasteiger partial charge < -0.3 is 33.9 Å². The van der Waals surface area contributed by atoms with E-state index >= 15 is 0 Å². The van der Waals surface area contributed by atoms with Crippen molar-refractivity contribution in [1.29, 1.82) is 0 Å². The highest BCUT2D eigenvalue weighted by Crippen LogP contribution is 2.49. The molecule has 2 amide bonds. The van der Waals surface area contributed by atoms with Gasteiger partial charge in [0.1, 0.15) is 6.61 Å². The lowest BCUT2D eigenvalue weighted by Crippen LogP contribution is -2.31. The van der Waals surface area contributed by atoms with E-state index < -0.39 is 48.7 Å². The van der Waals surface area contributed by atoms with Crippen molar-refractivity contribution in [2.75, 3.05) is 90.7 Å². The monoisotopic (exact) mass is 1110 g/mol. The summed E-state index contributed by atoms with van der Waals surface area (Å²) in [5.41, 5.74) is 6.60. The molecule has 0 spiro atoms. The van der Waals surface area contributed by atoms with Crippen molar-refractivity contribution < 1.29 is 74.2 Å². The maximum atomic E-state index is 13.7. The minimum Gasteiger partial charge on any atom is -0.691 e. The van der Waals surface area contributed by atoms with Gasteiger partial charge in [-0.15, -0.1) is 5.06 Å². The number of ether oxygens (including phenoxy) is 4. The van der Waals surface area contributed by atoms with E-state index in [-0.39, 0.29) is 48.7 Å². The fourth-order valence-electron chi connectivity index (χ4n) is 9.39. The zero-order valence-electron chi connectivity index (χ0n) is 44.1. The molecule has 3 heterocycles. The highest BCUT2D eigenvalue weighted by Gasteiger charge is 2.45. The lowest BCUT2D eigenvalue weighted by atomic mass is 9.80. The number of fused-ring (bicyclic) bond motifs is 2. The Morgan fingerprint density at radius 2 is 1.41 bits per heavy atom. The Bertz CT molecular complexity index is 2800. The number of sulfonamides is 2. The Labute approximate surface area is 450 Å². The van der Waals surface area contributed by atoms with Gasteiger partial charge in [0.05, 0.1) is 48.2 Å². The molecule has 6 rings (SSSR count). The SMILES string of the molecule is COCCOCCNS(=O)(=O)c1ccc(-c2ccc3c(c2)C(C)(C)C(C=CC/C=C2\N(CCCSOO[O-])c4ccc(S(=O)(=O)NCCCCCC(=O)ON5C(=O)CCC5=O)cc4C2(C)C)=[N+]3CCOCCOC)cc1. The molecule has 0 atom stereocenters. The largest absolute Gasteiger partial charge is 0.691 e. The van der Waals surface area contributed by atoms with Crippen LogP contribution >= 0.6 is 12.0 Å². The lowest BCUT2D eigenvalue weighted by molar-refractivity contribution is -0.777. The van der Waals surface area contributed by atoms with Crippen LogP contribution in [0.1, 0.15) is 90.2 Å². The number of carbonyl (C=O) groups is 3. The summed E-state index contributed by atoms with van der Waals surface area (Å²) in [7, 11) is -4.47. The van der Waals surface area contributed by atoms with Crippen LogP contribution in [0.4, 0.5) is 11.4 Å². The van der Waals surface area contributed by atoms with E-state index in [0.717, 1.165) is 57.1 Å². The number of hydrogen-bond acceptors (Lipinski definition) is 17. The molecule has 76 heavy (non-hydrogen) atoms. The van der Waals surface area contributed by atoms with Gasteiger partial charge in [-0.05, 0) is 98.7 Å². The zero-order chi connectivity index (χ0) is 54.9. The van der Waals surface area contributed by atoms with E-state index in [9.17, 15) is 36.5 Å². The number of allylic oxidation sites excluding steroid dienone is 4. The Balaban J connectivity index is 1.17. The van der Waals surface area contributed by atoms with Crippen LogP contribution in [0.15, 0.2) is 94.4 Å². The van der Waals surface area contributed by atoms with Gasteiger partial charge in [0, 0.05) is 105 Å². The third-order valence-electron chi connectivity index (χ3n) is 13.4. The van der Waals surface area contributed by atoms with Crippen LogP contribution in [0, 0.1) is 0 Å². The summed E-state index contributed by atoms with van der Waals surface area (Å²) in [4.78, 5) is 43.1. The Hall–Kier alpha value is -4.89. The second kappa shape index (κ2) is 28.1. The minimum absolute atomic E-state index is 0.0101. The van der Waals surface area contributed by atoms with Gasteiger partial charge in [0.25, 0.3) is 11.8 Å². The van der Waals surface area contributed by atoms with Gasteiger partial charge in [-0.2, -0.15) is 8.91 Å². The number of rotatable bonds is 33. The number of anilines is 1. The molecule has 1 fully saturated rings. The van der Waals surface area contributed by atoms with E-state index in [1.165, 1.54) is 0 Å². The van der Waals surface area contributed by atoms with Gasteiger partial charge in [0.2, 0.25) is 25.7 Å². The van der Waals surface area contributed by atoms with Crippen molar-refractivity contribution >= 4 is 67.0 Å². The van der Waals surface area contributed by atoms with Gasteiger partial charge in [0.15, 0.2) is 12.3 Å². The molecule has 3 aromatic carbocycles. The molecular weight excluding hydrogens is 1040 g/mol. The lowest BCUT2D eigenvalue weighted by Gasteiger charge is -2.27. The predicted octanol–water partition coefficient (Wildman–Crippen LogP) is 5.67. The molecule has 0 aromatic heterocycles. The molecule has 416 valence electrons. The van der Waals surface area contributed by atoms with E-state index in [1.807, 2.05) is 24.3 Å². The molecule has 3 aliphatic rings. The molecule has 20 nitrogen and oxygen atoms in total. The Morgan fingerprint density at radius 3 is 2.11 bits per heavy atom. The smallest absolute Gasteiger partial charge is 0.333 e. The molecule has 23 heteroatoms. The number of amides is 2. The van der Waals surface area contributed by atoms with Crippen molar-refractivity contribution in [3.63, 3.8) is 0 Å².